The van der Waals surface area contributed by atoms with Gasteiger partial charge in [0.25, 0.3) is 0 Å². The summed E-state index contributed by atoms with van der Waals surface area (Å²) in [7, 11) is 0. The Morgan fingerprint density at radius 2 is 1.87 bits per heavy atom. The highest BCUT2D eigenvalue weighted by Gasteiger charge is 2.59. The Bertz CT molecular complexity index is 705. The summed E-state index contributed by atoms with van der Waals surface area (Å²) in [6.45, 7) is 18.9. The third-order valence-corrected chi connectivity index (χ3v) is 11.5. The predicted molar refractivity (Wildman–Crippen MR) is 133 cm³/mol. The van der Waals surface area contributed by atoms with Gasteiger partial charge in [-0.15, -0.1) is 0 Å². The van der Waals surface area contributed by atoms with Crippen LogP contribution in [0.4, 0.5) is 0 Å². The molecule has 1 nitrogen and oxygen atoms in total. The van der Waals surface area contributed by atoms with Gasteiger partial charge in [0, 0.05) is 0 Å². The minimum absolute atomic E-state index is 0.0643. The molecule has 3 saturated carbocycles. The summed E-state index contributed by atoms with van der Waals surface area (Å²) < 4.78 is 0. The van der Waals surface area contributed by atoms with E-state index in [9.17, 15) is 5.11 Å². The molecular formula is C30H50O. The largest absolute Gasteiger partial charge is 0.393 e. The highest BCUT2D eigenvalue weighted by atomic mass is 16.3. The zero-order valence-electron chi connectivity index (χ0n) is 21.4. The number of hydrogen-bond donors (Lipinski definition) is 1. The highest BCUT2D eigenvalue weighted by molar-refractivity contribution is 5.30. The van der Waals surface area contributed by atoms with Crippen molar-refractivity contribution in [1.29, 1.82) is 0 Å². The first kappa shape index (κ1) is 23.6. The Hall–Kier alpha value is -0.560. The molecule has 4 aliphatic carbocycles. The SMILES string of the molecule is C=C(C)[C@H](CC)CC[C@@H](C)[C@H]1CC=C2[C@@H]3CC[C@H]4[C@H](C)[C@@H](O)CC[C@]4(C)[C@@H]3CC[C@@]21C. The number of aliphatic hydroxyl groups is 1. The van der Waals surface area contributed by atoms with Gasteiger partial charge in [0.15, 0.2) is 0 Å². The lowest BCUT2D eigenvalue weighted by atomic mass is 9.44. The molecule has 1 N–H and O–H groups in total. The maximum absolute atomic E-state index is 10.5. The molecule has 1 heteroatoms. The monoisotopic (exact) mass is 426 g/mol. The Kier molecular flexibility index (Phi) is 6.59. The second-order valence-electron chi connectivity index (χ2n) is 12.8. The molecule has 0 heterocycles. The fourth-order valence-corrected chi connectivity index (χ4v) is 9.40. The Labute approximate surface area is 193 Å². The first-order valence-corrected chi connectivity index (χ1v) is 13.7. The third-order valence-electron chi connectivity index (χ3n) is 11.5. The number of aliphatic hydroxyl groups excluding tert-OH is 1. The number of hydrogen-bond acceptors (Lipinski definition) is 1. The van der Waals surface area contributed by atoms with Gasteiger partial charge in [0.2, 0.25) is 0 Å². The Morgan fingerprint density at radius 3 is 2.55 bits per heavy atom. The number of fused-ring (bicyclic) bond motifs is 5. The molecule has 0 aromatic heterocycles. The summed E-state index contributed by atoms with van der Waals surface area (Å²) in [5, 5.41) is 10.5. The Balaban J connectivity index is 1.48. The molecule has 0 spiro atoms. The summed E-state index contributed by atoms with van der Waals surface area (Å²) >= 11 is 0. The number of allylic oxidation sites excluding steroid dienone is 3. The molecule has 0 radical (unpaired) electrons. The second-order valence-corrected chi connectivity index (χ2v) is 12.8. The van der Waals surface area contributed by atoms with Crippen LogP contribution >= 0.6 is 0 Å². The minimum Gasteiger partial charge on any atom is -0.393 e. The van der Waals surface area contributed by atoms with E-state index in [4.69, 9.17) is 0 Å². The molecule has 0 aromatic carbocycles. The van der Waals surface area contributed by atoms with E-state index in [-0.39, 0.29) is 6.10 Å². The fourth-order valence-electron chi connectivity index (χ4n) is 9.40. The Morgan fingerprint density at radius 1 is 1.13 bits per heavy atom. The van der Waals surface area contributed by atoms with Crippen molar-refractivity contribution in [2.75, 3.05) is 0 Å². The van der Waals surface area contributed by atoms with E-state index in [1.54, 1.807) is 0 Å². The molecule has 4 rings (SSSR count). The van der Waals surface area contributed by atoms with Crippen LogP contribution in [0.5, 0.6) is 0 Å². The quantitative estimate of drug-likeness (QED) is 0.424. The van der Waals surface area contributed by atoms with Gasteiger partial charge in [-0.25, -0.2) is 0 Å². The van der Waals surface area contributed by atoms with Crippen molar-refractivity contribution in [2.45, 2.75) is 112 Å². The molecule has 10 atom stereocenters. The van der Waals surface area contributed by atoms with E-state index in [2.05, 4.69) is 54.2 Å². The van der Waals surface area contributed by atoms with Crippen molar-refractivity contribution in [3.05, 3.63) is 23.8 Å². The molecular weight excluding hydrogens is 376 g/mol. The van der Waals surface area contributed by atoms with Crippen LogP contribution in [-0.4, -0.2) is 11.2 Å². The topological polar surface area (TPSA) is 20.2 Å². The average molecular weight is 427 g/mol. The summed E-state index contributed by atoms with van der Waals surface area (Å²) in [6.07, 6.45) is 15.7. The van der Waals surface area contributed by atoms with Crippen LogP contribution < -0.4 is 0 Å². The first-order valence-electron chi connectivity index (χ1n) is 13.7. The normalized spacial score (nSPS) is 46.4. The third kappa shape index (κ3) is 3.79. The second kappa shape index (κ2) is 8.66. The smallest absolute Gasteiger partial charge is 0.0568 e. The summed E-state index contributed by atoms with van der Waals surface area (Å²) in [4.78, 5) is 0. The van der Waals surface area contributed by atoms with E-state index in [0.717, 1.165) is 36.0 Å². The van der Waals surface area contributed by atoms with E-state index in [1.165, 1.54) is 63.4 Å². The molecule has 0 aliphatic heterocycles. The van der Waals surface area contributed by atoms with Crippen LogP contribution in [0.15, 0.2) is 23.8 Å². The lowest BCUT2D eigenvalue weighted by molar-refractivity contribution is -0.116. The standard InChI is InChI=1S/C30H50O/c1-8-22(19(2)3)10-9-20(4)24-13-14-26-23-11-12-25-21(5)28(31)16-18-30(25,7)27(23)15-17-29(24,26)6/h14,20-25,27-28,31H,2,8-13,15-18H2,1,3-7H3/t20-,21+,22-,23+,24-,25+,27-,28+,29-,30+/m1/s1. The van der Waals surface area contributed by atoms with E-state index in [1.807, 2.05) is 5.57 Å². The van der Waals surface area contributed by atoms with Crippen molar-refractivity contribution < 1.29 is 5.11 Å². The van der Waals surface area contributed by atoms with Crippen LogP contribution in [0.25, 0.3) is 0 Å². The van der Waals surface area contributed by atoms with Gasteiger partial charge in [0.05, 0.1) is 6.10 Å². The molecule has 176 valence electrons. The molecule has 3 fully saturated rings. The molecule has 0 amide bonds. The molecule has 0 aromatic rings. The van der Waals surface area contributed by atoms with E-state index in [0.29, 0.717) is 22.7 Å². The van der Waals surface area contributed by atoms with Crippen molar-refractivity contribution in [3.8, 4) is 0 Å². The average Bonchev–Trinajstić information content (AvgIpc) is 3.08. The summed E-state index contributed by atoms with van der Waals surface area (Å²) in [6, 6.07) is 0. The molecule has 0 bridgehead atoms. The van der Waals surface area contributed by atoms with Gasteiger partial charge >= 0.3 is 0 Å². The summed E-state index contributed by atoms with van der Waals surface area (Å²) in [5.41, 5.74) is 4.13. The maximum Gasteiger partial charge on any atom is 0.0568 e. The van der Waals surface area contributed by atoms with Gasteiger partial charge in [-0.05, 0) is 123 Å². The van der Waals surface area contributed by atoms with E-state index < -0.39 is 0 Å². The van der Waals surface area contributed by atoms with Crippen molar-refractivity contribution in [3.63, 3.8) is 0 Å². The van der Waals surface area contributed by atoms with Crippen molar-refractivity contribution in [2.24, 2.45) is 52.3 Å². The summed E-state index contributed by atoms with van der Waals surface area (Å²) in [5.74, 6) is 5.23. The fraction of sp³-hybridized carbons (Fsp3) is 0.867. The van der Waals surface area contributed by atoms with Crippen LogP contribution in [0.2, 0.25) is 0 Å². The molecule has 0 unspecified atom stereocenters. The van der Waals surface area contributed by atoms with Crippen LogP contribution in [0.1, 0.15) is 106 Å². The lowest BCUT2D eigenvalue weighted by Gasteiger charge is -2.61. The zero-order valence-corrected chi connectivity index (χ0v) is 21.4. The van der Waals surface area contributed by atoms with Gasteiger partial charge in [-0.3, -0.25) is 0 Å². The zero-order chi connectivity index (χ0) is 22.6. The van der Waals surface area contributed by atoms with Gasteiger partial charge in [0.1, 0.15) is 0 Å². The highest BCUT2D eigenvalue weighted by Crippen LogP contribution is 2.67. The van der Waals surface area contributed by atoms with E-state index >= 15 is 0 Å². The van der Waals surface area contributed by atoms with Crippen LogP contribution in [-0.2, 0) is 0 Å². The van der Waals surface area contributed by atoms with Crippen LogP contribution in [0, 0.1) is 52.3 Å². The minimum atomic E-state index is -0.0643. The van der Waals surface area contributed by atoms with Crippen molar-refractivity contribution >= 4 is 0 Å². The predicted octanol–water partition coefficient (Wildman–Crippen LogP) is 8.19. The van der Waals surface area contributed by atoms with Crippen molar-refractivity contribution in [1.82, 2.24) is 0 Å². The maximum atomic E-state index is 10.5. The van der Waals surface area contributed by atoms with Gasteiger partial charge in [-0.2, -0.15) is 0 Å². The van der Waals surface area contributed by atoms with Crippen LogP contribution in [0.3, 0.4) is 0 Å². The lowest BCUT2D eigenvalue weighted by Crippen LogP contribution is -2.54. The molecule has 31 heavy (non-hydrogen) atoms. The number of rotatable bonds is 6. The van der Waals surface area contributed by atoms with Gasteiger partial charge in [-0.1, -0.05) is 58.4 Å². The first-order chi connectivity index (χ1) is 14.6. The molecule has 4 aliphatic rings. The molecule has 0 saturated heterocycles. The van der Waals surface area contributed by atoms with Gasteiger partial charge < -0.3 is 5.11 Å².